The zero-order valence-corrected chi connectivity index (χ0v) is 8.85. The van der Waals surface area contributed by atoms with E-state index in [2.05, 4.69) is 11.0 Å². The highest BCUT2D eigenvalue weighted by molar-refractivity contribution is 8.01. The lowest BCUT2D eigenvalue weighted by atomic mass is 10.1. The van der Waals surface area contributed by atoms with Crippen molar-refractivity contribution in [3.63, 3.8) is 0 Å². The SMILES string of the molecule is C=CS/N=C(\C)Cc1ccc(F)cc1. The van der Waals surface area contributed by atoms with Crippen LogP contribution in [0.4, 0.5) is 4.39 Å². The van der Waals surface area contributed by atoms with Gasteiger partial charge in [-0.15, -0.1) is 0 Å². The number of rotatable bonds is 4. The third-order valence-corrected chi connectivity index (χ3v) is 2.22. The molecule has 14 heavy (non-hydrogen) atoms. The molecule has 0 N–H and O–H groups in total. The minimum atomic E-state index is -0.205. The molecule has 0 saturated carbocycles. The largest absolute Gasteiger partial charge is 0.221 e. The van der Waals surface area contributed by atoms with Crippen LogP contribution < -0.4 is 0 Å². The van der Waals surface area contributed by atoms with E-state index < -0.39 is 0 Å². The van der Waals surface area contributed by atoms with E-state index in [1.54, 1.807) is 17.5 Å². The standard InChI is InChI=1S/C11H12FNS/c1-3-14-13-9(2)8-10-4-6-11(12)7-5-10/h3-7H,1,8H2,2H3/b13-9+. The zero-order chi connectivity index (χ0) is 10.4. The van der Waals surface area contributed by atoms with Crippen LogP contribution in [0.25, 0.3) is 0 Å². The monoisotopic (exact) mass is 209 g/mol. The van der Waals surface area contributed by atoms with E-state index in [4.69, 9.17) is 0 Å². The van der Waals surface area contributed by atoms with Crippen molar-refractivity contribution >= 4 is 17.7 Å². The van der Waals surface area contributed by atoms with E-state index in [0.29, 0.717) is 0 Å². The number of hydrogen-bond acceptors (Lipinski definition) is 2. The molecule has 0 unspecified atom stereocenters. The van der Waals surface area contributed by atoms with Crippen molar-refractivity contribution in [2.75, 3.05) is 0 Å². The van der Waals surface area contributed by atoms with Crippen LogP contribution in [-0.2, 0) is 6.42 Å². The first-order chi connectivity index (χ1) is 6.72. The smallest absolute Gasteiger partial charge is 0.123 e. The Bertz CT molecular complexity index is 330. The molecule has 0 aliphatic heterocycles. The maximum absolute atomic E-state index is 12.6. The van der Waals surface area contributed by atoms with Crippen LogP contribution in [0.15, 0.2) is 40.7 Å². The molecule has 0 amide bonds. The van der Waals surface area contributed by atoms with E-state index in [-0.39, 0.29) is 5.82 Å². The number of benzene rings is 1. The molecular weight excluding hydrogens is 197 g/mol. The molecule has 0 radical (unpaired) electrons. The van der Waals surface area contributed by atoms with Crippen LogP contribution >= 0.6 is 11.9 Å². The molecular formula is C11H12FNS. The second-order valence-electron chi connectivity index (χ2n) is 2.90. The van der Waals surface area contributed by atoms with Gasteiger partial charge in [0.1, 0.15) is 5.82 Å². The fourth-order valence-corrected chi connectivity index (χ4v) is 1.38. The van der Waals surface area contributed by atoms with Gasteiger partial charge in [-0.3, -0.25) is 0 Å². The summed E-state index contributed by atoms with van der Waals surface area (Å²) >= 11 is 1.32. The summed E-state index contributed by atoms with van der Waals surface area (Å²) in [5.74, 6) is -0.205. The fourth-order valence-electron chi connectivity index (χ4n) is 1.06. The second kappa shape index (κ2) is 5.60. The fraction of sp³-hybridized carbons (Fsp3) is 0.182. The van der Waals surface area contributed by atoms with E-state index in [9.17, 15) is 4.39 Å². The van der Waals surface area contributed by atoms with Crippen molar-refractivity contribution < 1.29 is 4.39 Å². The topological polar surface area (TPSA) is 12.4 Å². The molecule has 0 aromatic heterocycles. The van der Waals surface area contributed by atoms with Crippen molar-refractivity contribution in [3.05, 3.63) is 47.6 Å². The molecule has 0 saturated heterocycles. The summed E-state index contributed by atoms with van der Waals surface area (Å²) in [5.41, 5.74) is 2.07. The molecule has 0 aliphatic carbocycles. The van der Waals surface area contributed by atoms with Gasteiger partial charge in [0.15, 0.2) is 0 Å². The van der Waals surface area contributed by atoms with E-state index in [1.807, 2.05) is 6.92 Å². The minimum absolute atomic E-state index is 0.205. The maximum Gasteiger partial charge on any atom is 0.123 e. The van der Waals surface area contributed by atoms with Gasteiger partial charge in [-0.1, -0.05) is 18.7 Å². The Morgan fingerprint density at radius 3 is 2.71 bits per heavy atom. The van der Waals surface area contributed by atoms with Gasteiger partial charge in [0.2, 0.25) is 0 Å². The quantitative estimate of drug-likeness (QED) is 0.545. The maximum atomic E-state index is 12.6. The van der Waals surface area contributed by atoms with Crippen LogP contribution in [0.5, 0.6) is 0 Å². The summed E-state index contributed by atoms with van der Waals surface area (Å²) in [6.07, 6.45) is 0.751. The van der Waals surface area contributed by atoms with Gasteiger partial charge in [0.25, 0.3) is 0 Å². The molecule has 0 spiro atoms. The highest BCUT2D eigenvalue weighted by Crippen LogP contribution is 2.08. The molecule has 0 aliphatic rings. The Balaban J connectivity index is 2.60. The Kier molecular flexibility index (Phi) is 4.40. The summed E-state index contributed by atoms with van der Waals surface area (Å²) in [7, 11) is 0. The molecule has 0 bridgehead atoms. The predicted octanol–water partition coefficient (Wildman–Crippen LogP) is 3.62. The highest BCUT2D eigenvalue weighted by atomic mass is 32.2. The van der Waals surface area contributed by atoms with Crippen molar-refractivity contribution in [1.29, 1.82) is 0 Å². The van der Waals surface area contributed by atoms with Crippen molar-refractivity contribution in [3.8, 4) is 0 Å². The average molecular weight is 209 g/mol. The van der Waals surface area contributed by atoms with Crippen molar-refractivity contribution in [2.45, 2.75) is 13.3 Å². The van der Waals surface area contributed by atoms with Crippen molar-refractivity contribution in [2.24, 2.45) is 4.40 Å². The first-order valence-electron chi connectivity index (χ1n) is 4.27. The van der Waals surface area contributed by atoms with E-state index in [1.165, 1.54) is 24.1 Å². The molecule has 3 heteroatoms. The normalized spacial score (nSPS) is 11.4. The van der Waals surface area contributed by atoms with Gasteiger partial charge in [-0.2, -0.15) is 0 Å². The first-order valence-corrected chi connectivity index (χ1v) is 5.10. The van der Waals surface area contributed by atoms with Gasteiger partial charge in [0, 0.05) is 24.1 Å². The van der Waals surface area contributed by atoms with Gasteiger partial charge in [0.05, 0.1) is 0 Å². The third-order valence-electron chi connectivity index (χ3n) is 1.66. The number of halogens is 1. The summed E-state index contributed by atoms with van der Waals surface area (Å²) < 4.78 is 16.8. The van der Waals surface area contributed by atoms with Crippen molar-refractivity contribution in [1.82, 2.24) is 0 Å². The molecule has 74 valence electrons. The summed E-state index contributed by atoms with van der Waals surface area (Å²) in [6, 6.07) is 6.46. The highest BCUT2D eigenvalue weighted by Gasteiger charge is 1.96. The van der Waals surface area contributed by atoms with Gasteiger partial charge >= 0.3 is 0 Å². The lowest BCUT2D eigenvalue weighted by molar-refractivity contribution is 0.627. The van der Waals surface area contributed by atoms with E-state index in [0.717, 1.165) is 17.7 Å². The summed E-state index contributed by atoms with van der Waals surface area (Å²) in [5, 5.41) is 1.67. The molecule has 1 nitrogen and oxygen atoms in total. The van der Waals surface area contributed by atoms with Crippen LogP contribution in [0.3, 0.4) is 0 Å². The zero-order valence-electron chi connectivity index (χ0n) is 8.03. The number of hydrogen-bond donors (Lipinski definition) is 0. The van der Waals surface area contributed by atoms with Gasteiger partial charge < -0.3 is 0 Å². The molecule has 0 heterocycles. The molecule has 0 fully saturated rings. The number of nitrogens with zero attached hydrogens (tertiary/aromatic N) is 1. The Hall–Kier alpha value is -1.09. The van der Waals surface area contributed by atoms with Crippen LogP contribution in [0.1, 0.15) is 12.5 Å². The minimum Gasteiger partial charge on any atom is -0.221 e. The van der Waals surface area contributed by atoms with Gasteiger partial charge in [-0.25, -0.2) is 8.79 Å². The Morgan fingerprint density at radius 1 is 1.50 bits per heavy atom. The molecule has 1 aromatic rings. The summed E-state index contributed by atoms with van der Waals surface area (Å²) in [4.78, 5) is 0. The summed E-state index contributed by atoms with van der Waals surface area (Å²) in [6.45, 7) is 5.50. The first kappa shape index (κ1) is 11.0. The Labute approximate surface area is 87.9 Å². The molecule has 1 rings (SSSR count). The van der Waals surface area contributed by atoms with E-state index >= 15 is 0 Å². The van der Waals surface area contributed by atoms with Gasteiger partial charge in [-0.05, 0) is 30.0 Å². The Morgan fingerprint density at radius 2 is 2.14 bits per heavy atom. The molecule has 1 aromatic carbocycles. The second-order valence-corrected chi connectivity index (χ2v) is 3.63. The van der Waals surface area contributed by atoms with Crippen LogP contribution in [0.2, 0.25) is 0 Å². The predicted molar refractivity (Wildman–Crippen MR) is 61.0 cm³/mol. The lowest BCUT2D eigenvalue weighted by Crippen LogP contribution is -1.96. The third kappa shape index (κ3) is 3.75. The van der Waals surface area contributed by atoms with Crippen LogP contribution in [0, 0.1) is 5.82 Å². The lowest BCUT2D eigenvalue weighted by Gasteiger charge is -1.99. The average Bonchev–Trinajstić information content (AvgIpc) is 2.18. The molecule has 0 atom stereocenters. The van der Waals surface area contributed by atoms with Crippen LogP contribution in [-0.4, -0.2) is 5.71 Å².